The highest BCUT2D eigenvalue weighted by atomic mass is 15.2. The van der Waals surface area contributed by atoms with Gasteiger partial charge in [-0.15, -0.1) is 0 Å². The Morgan fingerprint density at radius 3 is 2.35 bits per heavy atom. The molecule has 0 aliphatic carbocycles. The monoisotopic (exact) mass is 345 g/mol. The predicted octanol–water partition coefficient (Wildman–Crippen LogP) is 4.06. The van der Waals surface area contributed by atoms with Crippen LogP contribution in [-0.2, 0) is 14.1 Å². The number of hydrogen-bond acceptors (Lipinski definition) is 1. The van der Waals surface area contributed by atoms with Crippen LogP contribution in [0, 0.1) is 27.7 Å². The van der Waals surface area contributed by atoms with Gasteiger partial charge in [0.05, 0.1) is 5.69 Å². The second kappa shape index (κ2) is 5.84. The lowest BCUT2D eigenvalue weighted by molar-refractivity contribution is -0.649. The van der Waals surface area contributed by atoms with Gasteiger partial charge in [0, 0.05) is 36.6 Å². The molecule has 0 spiro atoms. The van der Waals surface area contributed by atoms with E-state index in [0.29, 0.717) is 0 Å². The molecule has 0 saturated heterocycles. The van der Waals surface area contributed by atoms with E-state index >= 15 is 0 Å². The lowest BCUT2D eigenvalue weighted by atomic mass is 10.0. The molecule has 4 rings (SSSR count). The molecule has 3 aromatic heterocycles. The van der Waals surface area contributed by atoms with E-state index in [1.165, 1.54) is 33.8 Å². The third-order valence-corrected chi connectivity index (χ3v) is 5.42. The summed E-state index contributed by atoms with van der Waals surface area (Å²) in [5.41, 5.74) is 9.66. The van der Waals surface area contributed by atoms with E-state index in [1.807, 2.05) is 0 Å². The molecule has 0 unspecified atom stereocenters. The van der Waals surface area contributed by atoms with Crippen LogP contribution < -0.4 is 4.57 Å². The number of imidazole rings is 2. The number of nitrogens with zero attached hydrogens (tertiary/aromatic N) is 4. The lowest BCUT2D eigenvalue weighted by Crippen LogP contribution is -2.35. The van der Waals surface area contributed by atoms with Gasteiger partial charge in [-0.2, -0.15) is 4.57 Å². The van der Waals surface area contributed by atoms with Crippen molar-refractivity contribution >= 4 is 5.78 Å². The summed E-state index contributed by atoms with van der Waals surface area (Å²) in [6.07, 6.45) is 2.20. The van der Waals surface area contributed by atoms with E-state index in [2.05, 4.69) is 97.9 Å². The van der Waals surface area contributed by atoms with Crippen molar-refractivity contribution in [3.8, 4) is 22.6 Å². The smallest absolute Gasteiger partial charge is 0.231 e. The van der Waals surface area contributed by atoms with Crippen molar-refractivity contribution < 1.29 is 4.57 Å². The van der Waals surface area contributed by atoms with Gasteiger partial charge in [-0.1, -0.05) is 18.2 Å². The van der Waals surface area contributed by atoms with E-state index in [4.69, 9.17) is 4.98 Å². The summed E-state index contributed by atoms with van der Waals surface area (Å²) in [4.78, 5) is 4.72. The third kappa shape index (κ3) is 2.37. The van der Waals surface area contributed by atoms with Gasteiger partial charge in [0.1, 0.15) is 12.7 Å². The highest BCUT2D eigenvalue weighted by Gasteiger charge is 2.23. The molecule has 0 aliphatic rings. The van der Waals surface area contributed by atoms with E-state index in [-0.39, 0.29) is 0 Å². The van der Waals surface area contributed by atoms with Gasteiger partial charge in [0.25, 0.3) is 0 Å². The Labute approximate surface area is 154 Å². The predicted molar refractivity (Wildman–Crippen MR) is 105 cm³/mol. The molecular weight excluding hydrogens is 320 g/mol. The zero-order chi connectivity index (χ0) is 18.6. The van der Waals surface area contributed by atoms with Crippen molar-refractivity contribution in [3.05, 3.63) is 65.1 Å². The highest BCUT2D eigenvalue weighted by Crippen LogP contribution is 2.26. The molecule has 0 aliphatic heterocycles. The topological polar surface area (TPSA) is 26.1 Å². The van der Waals surface area contributed by atoms with Crippen LogP contribution in [0.2, 0.25) is 0 Å². The number of aromatic nitrogens is 4. The van der Waals surface area contributed by atoms with Crippen LogP contribution in [0.1, 0.15) is 22.5 Å². The van der Waals surface area contributed by atoms with Crippen molar-refractivity contribution in [2.75, 3.05) is 0 Å². The minimum Gasteiger partial charge on any atom is -0.308 e. The summed E-state index contributed by atoms with van der Waals surface area (Å²) in [6, 6.07) is 13.1. The molecule has 4 nitrogen and oxygen atoms in total. The zero-order valence-electron chi connectivity index (χ0n) is 16.3. The summed E-state index contributed by atoms with van der Waals surface area (Å²) < 4.78 is 6.64. The van der Waals surface area contributed by atoms with Crippen molar-refractivity contribution in [1.82, 2.24) is 14.0 Å². The molecule has 132 valence electrons. The molecule has 0 fully saturated rings. The van der Waals surface area contributed by atoms with Crippen molar-refractivity contribution in [2.45, 2.75) is 27.7 Å². The molecular formula is C22H25N4+. The molecule has 0 bridgehead atoms. The number of aryl methyl sites for hydroxylation is 5. The molecule has 26 heavy (non-hydrogen) atoms. The van der Waals surface area contributed by atoms with Gasteiger partial charge >= 0.3 is 0 Å². The number of pyridine rings is 1. The van der Waals surface area contributed by atoms with E-state index in [0.717, 1.165) is 17.2 Å². The van der Waals surface area contributed by atoms with E-state index in [1.54, 1.807) is 0 Å². The average Bonchev–Trinajstić information content (AvgIpc) is 3.07. The first-order chi connectivity index (χ1) is 12.4. The fourth-order valence-corrected chi connectivity index (χ4v) is 3.72. The number of fused-ring (bicyclic) bond motifs is 1. The van der Waals surface area contributed by atoms with Gasteiger partial charge in [-0.3, -0.25) is 4.40 Å². The largest absolute Gasteiger partial charge is 0.308 e. The van der Waals surface area contributed by atoms with Crippen molar-refractivity contribution in [1.29, 1.82) is 0 Å². The van der Waals surface area contributed by atoms with Gasteiger partial charge in [0.2, 0.25) is 17.2 Å². The fraction of sp³-hybridized carbons (Fsp3) is 0.273. The molecule has 1 aromatic carbocycles. The second-order valence-electron chi connectivity index (χ2n) is 7.20. The van der Waals surface area contributed by atoms with Crippen LogP contribution in [0.25, 0.3) is 28.4 Å². The first-order valence-corrected chi connectivity index (χ1v) is 8.96. The van der Waals surface area contributed by atoms with Gasteiger partial charge in [-0.25, -0.2) is 4.98 Å². The minimum atomic E-state index is 0.981. The first kappa shape index (κ1) is 16.6. The van der Waals surface area contributed by atoms with Crippen LogP contribution in [0.4, 0.5) is 0 Å². The highest BCUT2D eigenvalue weighted by molar-refractivity contribution is 5.65. The normalized spacial score (nSPS) is 11.5. The van der Waals surface area contributed by atoms with Crippen LogP contribution in [0.15, 0.2) is 42.6 Å². The number of hydrogen-bond donors (Lipinski definition) is 0. The molecule has 0 saturated carbocycles. The zero-order valence-corrected chi connectivity index (χ0v) is 16.3. The molecule has 4 heteroatoms. The standard InChI is InChI=1S/C22H25N4/c1-14-11-19(18-10-8-7-9-15(18)2)24(5)20(12-14)21-13-26-17(4)16(3)23-22(26)25(21)6/h7-13H,1-6H3/q+1. The SMILES string of the molecule is Cc1cc(-c2ccccc2C)[n+](C)c(-c2cn3c(C)c(C)nc3n2C)c1. The van der Waals surface area contributed by atoms with E-state index in [9.17, 15) is 0 Å². The van der Waals surface area contributed by atoms with Crippen LogP contribution in [-0.4, -0.2) is 14.0 Å². The Morgan fingerprint density at radius 1 is 0.962 bits per heavy atom. The lowest BCUT2D eigenvalue weighted by Gasteiger charge is -2.09. The van der Waals surface area contributed by atoms with Gasteiger partial charge < -0.3 is 4.57 Å². The average molecular weight is 345 g/mol. The maximum Gasteiger partial charge on any atom is 0.231 e. The molecule has 0 atom stereocenters. The molecule has 3 heterocycles. The Bertz CT molecular complexity index is 1140. The Balaban J connectivity index is 1.99. The van der Waals surface area contributed by atoms with Gasteiger partial charge in [-0.05, 0) is 44.9 Å². The summed E-state index contributed by atoms with van der Waals surface area (Å²) >= 11 is 0. The second-order valence-corrected chi connectivity index (χ2v) is 7.20. The van der Waals surface area contributed by atoms with Crippen LogP contribution in [0.3, 0.4) is 0 Å². The molecule has 0 N–H and O–H groups in total. The van der Waals surface area contributed by atoms with Crippen molar-refractivity contribution in [2.24, 2.45) is 14.1 Å². The maximum atomic E-state index is 4.72. The fourth-order valence-electron chi connectivity index (χ4n) is 3.72. The minimum absolute atomic E-state index is 0.981. The molecule has 0 radical (unpaired) electrons. The number of rotatable bonds is 2. The third-order valence-electron chi connectivity index (χ3n) is 5.42. The Kier molecular flexibility index (Phi) is 3.72. The summed E-state index contributed by atoms with van der Waals surface area (Å²) in [5.74, 6) is 0.981. The number of benzene rings is 1. The quantitative estimate of drug-likeness (QED) is 0.503. The summed E-state index contributed by atoms with van der Waals surface area (Å²) in [6.45, 7) is 8.51. The summed E-state index contributed by atoms with van der Waals surface area (Å²) in [7, 11) is 4.23. The molecule has 0 amide bonds. The Morgan fingerprint density at radius 2 is 1.65 bits per heavy atom. The van der Waals surface area contributed by atoms with Crippen LogP contribution >= 0.6 is 0 Å². The van der Waals surface area contributed by atoms with E-state index < -0.39 is 0 Å². The molecule has 4 aromatic rings. The maximum absolute atomic E-state index is 4.72. The van der Waals surface area contributed by atoms with Gasteiger partial charge in [0.15, 0.2) is 0 Å². The summed E-state index contributed by atoms with van der Waals surface area (Å²) in [5, 5.41) is 0. The van der Waals surface area contributed by atoms with Crippen molar-refractivity contribution in [3.63, 3.8) is 0 Å². The van der Waals surface area contributed by atoms with Crippen LogP contribution in [0.5, 0.6) is 0 Å². The Hall–Kier alpha value is -2.88. The first-order valence-electron chi connectivity index (χ1n) is 8.96.